The second-order valence-corrected chi connectivity index (χ2v) is 4.06. The van der Waals surface area contributed by atoms with Gasteiger partial charge >= 0.3 is 5.97 Å². The van der Waals surface area contributed by atoms with E-state index in [4.69, 9.17) is 11.5 Å². The molecule has 0 bridgehead atoms. The third kappa shape index (κ3) is 2.18. The normalized spacial score (nSPS) is 10.3. The summed E-state index contributed by atoms with van der Waals surface area (Å²) in [5.41, 5.74) is 12.0. The van der Waals surface area contributed by atoms with Crippen molar-refractivity contribution in [1.82, 2.24) is 14.8 Å². The molecule has 0 saturated carbocycles. The van der Waals surface area contributed by atoms with Crippen molar-refractivity contribution in [1.29, 1.82) is 0 Å². The summed E-state index contributed by atoms with van der Waals surface area (Å²) in [4.78, 5) is 27.1. The number of nitrogens with two attached hydrogens (primary N) is 2. The molecular formula is C12H13N5O3. The number of rotatable bonds is 3. The van der Waals surface area contributed by atoms with Crippen LogP contribution in [0.2, 0.25) is 0 Å². The van der Waals surface area contributed by atoms with Crippen LogP contribution in [0.1, 0.15) is 26.4 Å². The number of anilines is 1. The fourth-order valence-electron chi connectivity index (χ4n) is 1.77. The number of ether oxygens (including phenoxy) is 1. The van der Waals surface area contributed by atoms with Gasteiger partial charge in [0, 0.05) is 6.20 Å². The highest BCUT2D eigenvalue weighted by molar-refractivity contribution is 5.97. The van der Waals surface area contributed by atoms with Gasteiger partial charge in [0.1, 0.15) is 0 Å². The number of nitrogens with zero attached hydrogens (tertiary/aromatic N) is 3. The summed E-state index contributed by atoms with van der Waals surface area (Å²) < 4.78 is 5.79. The Kier molecular flexibility index (Phi) is 3.38. The highest BCUT2D eigenvalue weighted by Gasteiger charge is 2.20. The molecule has 0 radical (unpaired) electrons. The van der Waals surface area contributed by atoms with Crippen LogP contribution in [0.4, 0.5) is 5.69 Å². The number of aryl methyl sites for hydroxylation is 1. The zero-order valence-electron chi connectivity index (χ0n) is 11.0. The predicted molar refractivity (Wildman–Crippen MR) is 70.4 cm³/mol. The second kappa shape index (κ2) is 5.00. The van der Waals surface area contributed by atoms with Gasteiger partial charge < -0.3 is 16.2 Å². The molecule has 1 amide bonds. The maximum atomic E-state index is 11.5. The molecule has 8 nitrogen and oxygen atoms in total. The molecular weight excluding hydrogens is 262 g/mol. The Hall–Kier alpha value is -2.90. The first-order valence-electron chi connectivity index (χ1n) is 5.65. The van der Waals surface area contributed by atoms with Gasteiger partial charge in [-0.05, 0) is 18.6 Å². The maximum absolute atomic E-state index is 11.5. The molecule has 0 aliphatic carbocycles. The number of nitrogen functional groups attached to an aromatic ring is 1. The van der Waals surface area contributed by atoms with Crippen molar-refractivity contribution in [2.75, 3.05) is 12.8 Å². The fraction of sp³-hybridized carbons (Fsp3) is 0.167. The van der Waals surface area contributed by atoms with Crippen LogP contribution in [0.25, 0.3) is 5.82 Å². The van der Waals surface area contributed by atoms with Crippen LogP contribution < -0.4 is 11.5 Å². The highest BCUT2D eigenvalue weighted by atomic mass is 16.5. The lowest BCUT2D eigenvalue weighted by Crippen LogP contribution is -2.18. The van der Waals surface area contributed by atoms with Crippen LogP contribution in [0.3, 0.4) is 0 Å². The van der Waals surface area contributed by atoms with Gasteiger partial charge in [0.2, 0.25) is 0 Å². The van der Waals surface area contributed by atoms with Gasteiger partial charge in [-0.3, -0.25) is 4.79 Å². The number of carbonyl (C=O) groups is 2. The third-order valence-electron chi connectivity index (χ3n) is 2.72. The number of methoxy groups -OCH3 is 1. The summed E-state index contributed by atoms with van der Waals surface area (Å²) in [7, 11) is 1.22. The zero-order valence-corrected chi connectivity index (χ0v) is 11.0. The van der Waals surface area contributed by atoms with Crippen LogP contribution in [0, 0.1) is 6.92 Å². The Morgan fingerprint density at radius 3 is 2.70 bits per heavy atom. The highest BCUT2D eigenvalue weighted by Crippen LogP contribution is 2.18. The largest absolute Gasteiger partial charge is 0.464 e. The second-order valence-electron chi connectivity index (χ2n) is 4.06. The summed E-state index contributed by atoms with van der Waals surface area (Å²) in [6.45, 7) is 1.72. The molecule has 0 aliphatic heterocycles. The van der Waals surface area contributed by atoms with Crippen LogP contribution in [0.15, 0.2) is 18.5 Å². The Bertz CT molecular complexity index is 692. The monoisotopic (exact) mass is 275 g/mol. The number of primary amides is 1. The van der Waals surface area contributed by atoms with Crippen molar-refractivity contribution >= 4 is 17.6 Å². The van der Waals surface area contributed by atoms with E-state index in [1.54, 1.807) is 13.0 Å². The molecule has 2 aromatic heterocycles. The van der Waals surface area contributed by atoms with E-state index in [-0.39, 0.29) is 22.8 Å². The summed E-state index contributed by atoms with van der Waals surface area (Å²) in [6, 6.07) is 1.65. The number of hydrogen-bond acceptors (Lipinski definition) is 6. The SMILES string of the molecule is COC(=O)c1nn(-c2nccc(C)c2C(N)=O)cc1N. The molecule has 20 heavy (non-hydrogen) atoms. The summed E-state index contributed by atoms with van der Waals surface area (Å²) in [5.74, 6) is -1.10. The van der Waals surface area contributed by atoms with Crippen molar-refractivity contribution in [3.63, 3.8) is 0 Å². The average molecular weight is 275 g/mol. The minimum Gasteiger partial charge on any atom is -0.464 e. The van der Waals surface area contributed by atoms with Gasteiger partial charge in [-0.2, -0.15) is 5.10 Å². The zero-order chi connectivity index (χ0) is 14.9. The van der Waals surface area contributed by atoms with E-state index in [1.165, 1.54) is 24.2 Å². The molecule has 0 spiro atoms. The molecule has 2 rings (SSSR count). The van der Waals surface area contributed by atoms with E-state index < -0.39 is 11.9 Å². The van der Waals surface area contributed by atoms with E-state index in [1.807, 2.05) is 0 Å². The molecule has 0 aliphatic rings. The van der Waals surface area contributed by atoms with Crippen molar-refractivity contribution in [3.8, 4) is 5.82 Å². The Morgan fingerprint density at radius 2 is 2.10 bits per heavy atom. The van der Waals surface area contributed by atoms with Crippen LogP contribution in [-0.2, 0) is 4.74 Å². The minimum atomic E-state index is -0.672. The topological polar surface area (TPSA) is 126 Å². The standard InChI is InChI=1S/C12H13N5O3/c1-6-3-4-15-11(8(6)10(14)18)17-5-7(13)9(16-17)12(19)20-2/h3-5H,13H2,1-2H3,(H2,14,18). The lowest BCUT2D eigenvalue weighted by Gasteiger charge is -2.07. The molecule has 104 valence electrons. The number of aromatic nitrogens is 3. The van der Waals surface area contributed by atoms with Crippen molar-refractivity contribution in [2.45, 2.75) is 6.92 Å². The van der Waals surface area contributed by atoms with E-state index in [2.05, 4.69) is 14.8 Å². The lowest BCUT2D eigenvalue weighted by molar-refractivity contribution is 0.0594. The fourth-order valence-corrected chi connectivity index (χ4v) is 1.77. The van der Waals surface area contributed by atoms with Gasteiger partial charge in [-0.15, -0.1) is 0 Å². The Labute approximate surface area is 114 Å². The van der Waals surface area contributed by atoms with E-state index in [9.17, 15) is 9.59 Å². The first-order valence-corrected chi connectivity index (χ1v) is 5.65. The van der Waals surface area contributed by atoms with Crippen molar-refractivity contribution in [3.05, 3.63) is 35.3 Å². The van der Waals surface area contributed by atoms with Crippen LogP contribution >= 0.6 is 0 Å². The van der Waals surface area contributed by atoms with E-state index >= 15 is 0 Å². The maximum Gasteiger partial charge on any atom is 0.360 e. The first kappa shape index (κ1) is 13.5. The van der Waals surface area contributed by atoms with Gasteiger partial charge in [-0.1, -0.05) is 0 Å². The smallest absolute Gasteiger partial charge is 0.360 e. The number of esters is 1. The molecule has 0 fully saturated rings. The van der Waals surface area contributed by atoms with Crippen LogP contribution in [0.5, 0.6) is 0 Å². The summed E-state index contributed by atoms with van der Waals surface area (Å²) in [6.07, 6.45) is 2.88. The van der Waals surface area contributed by atoms with Gasteiger partial charge in [0.05, 0.1) is 24.6 Å². The molecule has 8 heteroatoms. The van der Waals surface area contributed by atoms with Gasteiger partial charge in [0.25, 0.3) is 5.91 Å². The van der Waals surface area contributed by atoms with Crippen LogP contribution in [-0.4, -0.2) is 33.8 Å². The third-order valence-corrected chi connectivity index (χ3v) is 2.72. The van der Waals surface area contributed by atoms with Gasteiger partial charge in [-0.25, -0.2) is 14.5 Å². The lowest BCUT2D eigenvalue weighted by atomic mass is 10.1. The Balaban J connectivity index is 2.61. The summed E-state index contributed by atoms with van der Waals surface area (Å²) in [5, 5.41) is 3.98. The van der Waals surface area contributed by atoms with Crippen molar-refractivity contribution in [2.24, 2.45) is 5.73 Å². The quantitative estimate of drug-likeness (QED) is 0.762. The molecule has 2 aromatic rings. The van der Waals surface area contributed by atoms with E-state index in [0.717, 1.165) is 0 Å². The van der Waals surface area contributed by atoms with Crippen molar-refractivity contribution < 1.29 is 14.3 Å². The summed E-state index contributed by atoms with van der Waals surface area (Å²) >= 11 is 0. The predicted octanol–water partition coefficient (Wildman–Crippen LogP) is 0.0434. The number of pyridine rings is 1. The molecule has 4 N–H and O–H groups in total. The number of carbonyl (C=O) groups excluding carboxylic acids is 2. The molecule has 0 saturated heterocycles. The molecule has 0 aromatic carbocycles. The molecule has 2 heterocycles. The first-order chi connectivity index (χ1) is 9.45. The van der Waals surface area contributed by atoms with E-state index in [0.29, 0.717) is 5.56 Å². The van der Waals surface area contributed by atoms with Gasteiger partial charge in [0.15, 0.2) is 11.5 Å². The molecule has 0 unspecified atom stereocenters. The number of amides is 1. The Morgan fingerprint density at radius 1 is 1.40 bits per heavy atom. The molecule has 0 atom stereocenters. The number of hydrogen-bond donors (Lipinski definition) is 2. The average Bonchev–Trinajstić information content (AvgIpc) is 2.79. The minimum absolute atomic E-state index is 0.0498.